The first-order chi connectivity index (χ1) is 7.24. The molecule has 76 valence electrons. The van der Waals surface area contributed by atoms with E-state index in [1.54, 1.807) is 12.1 Å². The molecule has 3 heteroatoms. The van der Waals surface area contributed by atoms with Crippen LogP contribution >= 0.6 is 0 Å². The molecule has 1 heterocycles. The first-order valence-electron chi connectivity index (χ1n) is 4.57. The van der Waals surface area contributed by atoms with E-state index in [-0.39, 0.29) is 11.2 Å². The van der Waals surface area contributed by atoms with Gasteiger partial charge in [-0.2, -0.15) is 0 Å². The van der Waals surface area contributed by atoms with Crippen molar-refractivity contribution in [3.8, 4) is 5.75 Å². The van der Waals surface area contributed by atoms with Crippen molar-refractivity contribution in [3.05, 3.63) is 52.9 Å². The van der Waals surface area contributed by atoms with Crippen LogP contribution in [0.15, 0.2) is 46.3 Å². The number of allylic oxidation sites excluding steroid dienone is 1. The number of rotatable bonds is 2. The molecule has 0 aliphatic heterocycles. The average molecular weight is 202 g/mol. The molecule has 0 radical (unpaired) electrons. The Balaban J connectivity index is 2.87. The molecule has 2 rings (SSSR count). The first kappa shape index (κ1) is 9.52. The molecule has 0 fully saturated rings. The van der Waals surface area contributed by atoms with Crippen LogP contribution in [0, 0.1) is 0 Å². The topological polar surface area (TPSA) is 50.4 Å². The van der Waals surface area contributed by atoms with E-state index >= 15 is 0 Å². The SMILES string of the molecule is C=CCc1c(O)ccc2c(=O)ccoc12. The predicted molar refractivity (Wildman–Crippen MR) is 58.0 cm³/mol. The summed E-state index contributed by atoms with van der Waals surface area (Å²) in [6, 6.07) is 4.41. The molecule has 15 heavy (non-hydrogen) atoms. The fourth-order valence-electron chi connectivity index (χ4n) is 1.54. The Morgan fingerprint density at radius 2 is 2.20 bits per heavy atom. The quantitative estimate of drug-likeness (QED) is 0.759. The van der Waals surface area contributed by atoms with Crippen LogP contribution in [-0.4, -0.2) is 5.11 Å². The summed E-state index contributed by atoms with van der Waals surface area (Å²) in [5.74, 6) is 0.122. The Kier molecular flexibility index (Phi) is 2.29. The Morgan fingerprint density at radius 1 is 1.40 bits per heavy atom. The summed E-state index contributed by atoms with van der Waals surface area (Å²) in [7, 11) is 0. The maximum absolute atomic E-state index is 11.5. The van der Waals surface area contributed by atoms with E-state index in [1.807, 2.05) is 0 Å². The fourth-order valence-corrected chi connectivity index (χ4v) is 1.54. The molecule has 0 aliphatic carbocycles. The molecular weight excluding hydrogens is 192 g/mol. The van der Waals surface area contributed by atoms with Crippen LogP contribution in [0.3, 0.4) is 0 Å². The van der Waals surface area contributed by atoms with Crippen molar-refractivity contribution in [1.82, 2.24) is 0 Å². The van der Waals surface area contributed by atoms with Gasteiger partial charge in [-0.1, -0.05) is 6.08 Å². The third kappa shape index (κ3) is 1.52. The molecule has 0 unspecified atom stereocenters. The zero-order valence-corrected chi connectivity index (χ0v) is 8.06. The Morgan fingerprint density at radius 3 is 2.93 bits per heavy atom. The van der Waals surface area contributed by atoms with Gasteiger partial charge in [-0.25, -0.2) is 0 Å². The fraction of sp³-hybridized carbons (Fsp3) is 0.0833. The van der Waals surface area contributed by atoms with Crippen LogP contribution < -0.4 is 5.43 Å². The van der Waals surface area contributed by atoms with Crippen molar-refractivity contribution in [2.75, 3.05) is 0 Å². The summed E-state index contributed by atoms with van der Waals surface area (Å²) in [5.41, 5.74) is 0.921. The van der Waals surface area contributed by atoms with E-state index in [4.69, 9.17) is 4.42 Å². The van der Waals surface area contributed by atoms with Gasteiger partial charge in [0.25, 0.3) is 0 Å². The highest BCUT2D eigenvalue weighted by atomic mass is 16.3. The van der Waals surface area contributed by atoms with Crippen molar-refractivity contribution in [2.45, 2.75) is 6.42 Å². The molecular formula is C12H10O3. The Bertz CT molecular complexity index is 567. The van der Waals surface area contributed by atoms with Crippen molar-refractivity contribution in [1.29, 1.82) is 0 Å². The monoisotopic (exact) mass is 202 g/mol. The number of phenolic OH excluding ortho intramolecular Hbond substituents is 1. The molecule has 0 spiro atoms. The summed E-state index contributed by atoms with van der Waals surface area (Å²) in [6.45, 7) is 3.60. The maximum Gasteiger partial charge on any atom is 0.192 e. The van der Waals surface area contributed by atoms with Gasteiger partial charge in [0.15, 0.2) is 5.43 Å². The minimum Gasteiger partial charge on any atom is -0.508 e. The highest BCUT2D eigenvalue weighted by molar-refractivity contribution is 5.81. The van der Waals surface area contributed by atoms with E-state index in [0.29, 0.717) is 23.0 Å². The van der Waals surface area contributed by atoms with Gasteiger partial charge in [0, 0.05) is 11.6 Å². The maximum atomic E-state index is 11.5. The summed E-state index contributed by atoms with van der Waals surface area (Å²) >= 11 is 0. The largest absolute Gasteiger partial charge is 0.508 e. The predicted octanol–water partition coefficient (Wildman–Crippen LogP) is 2.23. The molecule has 2 aromatic rings. The normalized spacial score (nSPS) is 10.4. The number of aromatic hydroxyl groups is 1. The third-order valence-electron chi connectivity index (χ3n) is 2.26. The van der Waals surface area contributed by atoms with Crippen molar-refractivity contribution in [3.63, 3.8) is 0 Å². The second-order valence-electron chi connectivity index (χ2n) is 3.22. The molecule has 0 aliphatic rings. The van der Waals surface area contributed by atoms with Gasteiger partial charge < -0.3 is 9.52 Å². The van der Waals surface area contributed by atoms with Crippen LogP contribution in [0.5, 0.6) is 5.75 Å². The summed E-state index contributed by atoms with van der Waals surface area (Å²) in [4.78, 5) is 11.5. The van der Waals surface area contributed by atoms with Crippen LogP contribution in [0.4, 0.5) is 0 Å². The van der Waals surface area contributed by atoms with Crippen LogP contribution in [-0.2, 0) is 6.42 Å². The lowest BCUT2D eigenvalue weighted by Gasteiger charge is -2.04. The lowest BCUT2D eigenvalue weighted by atomic mass is 10.1. The van der Waals surface area contributed by atoms with E-state index < -0.39 is 0 Å². The lowest BCUT2D eigenvalue weighted by Crippen LogP contribution is -1.99. The molecule has 1 aromatic heterocycles. The standard InChI is InChI=1S/C12H10O3/c1-2-3-8-10(13)5-4-9-11(14)6-7-15-12(8)9/h2,4-7,13H,1,3H2. The zero-order valence-electron chi connectivity index (χ0n) is 8.06. The first-order valence-corrected chi connectivity index (χ1v) is 4.57. The summed E-state index contributed by atoms with van der Waals surface area (Å²) < 4.78 is 5.25. The Labute approximate surface area is 86.3 Å². The molecule has 0 amide bonds. The van der Waals surface area contributed by atoms with Crippen LogP contribution in [0.1, 0.15) is 5.56 Å². The van der Waals surface area contributed by atoms with Crippen molar-refractivity contribution < 1.29 is 9.52 Å². The number of fused-ring (bicyclic) bond motifs is 1. The van der Waals surface area contributed by atoms with Crippen LogP contribution in [0.25, 0.3) is 11.0 Å². The molecule has 0 bridgehead atoms. The van der Waals surface area contributed by atoms with E-state index in [0.717, 1.165) is 0 Å². The average Bonchev–Trinajstić information content (AvgIpc) is 2.23. The van der Waals surface area contributed by atoms with E-state index in [9.17, 15) is 9.90 Å². The van der Waals surface area contributed by atoms with Crippen molar-refractivity contribution >= 4 is 11.0 Å². The van der Waals surface area contributed by atoms with Gasteiger partial charge in [0.2, 0.25) is 0 Å². The summed E-state index contributed by atoms with van der Waals surface area (Å²) in [5, 5.41) is 10.1. The van der Waals surface area contributed by atoms with E-state index in [1.165, 1.54) is 18.4 Å². The molecule has 1 aromatic carbocycles. The second-order valence-corrected chi connectivity index (χ2v) is 3.22. The number of hydrogen-bond donors (Lipinski definition) is 1. The van der Waals surface area contributed by atoms with Gasteiger partial charge in [0.1, 0.15) is 11.3 Å². The summed E-state index contributed by atoms with van der Waals surface area (Å²) in [6.07, 6.45) is 3.45. The van der Waals surface area contributed by atoms with Gasteiger partial charge in [-0.15, -0.1) is 6.58 Å². The zero-order chi connectivity index (χ0) is 10.8. The second kappa shape index (κ2) is 3.61. The van der Waals surface area contributed by atoms with Gasteiger partial charge in [-0.3, -0.25) is 4.79 Å². The molecule has 0 saturated carbocycles. The highest BCUT2D eigenvalue weighted by Gasteiger charge is 2.09. The number of hydrogen-bond acceptors (Lipinski definition) is 3. The van der Waals surface area contributed by atoms with Gasteiger partial charge in [-0.05, 0) is 18.6 Å². The number of phenols is 1. The molecule has 1 N–H and O–H groups in total. The molecule has 3 nitrogen and oxygen atoms in total. The van der Waals surface area contributed by atoms with Gasteiger partial charge in [0.05, 0.1) is 11.6 Å². The van der Waals surface area contributed by atoms with Crippen molar-refractivity contribution in [2.24, 2.45) is 0 Å². The minimum absolute atomic E-state index is 0.110. The molecule has 0 saturated heterocycles. The lowest BCUT2D eigenvalue weighted by molar-refractivity contribution is 0.468. The smallest absolute Gasteiger partial charge is 0.192 e. The minimum atomic E-state index is -0.110. The number of benzene rings is 1. The highest BCUT2D eigenvalue weighted by Crippen LogP contribution is 2.25. The Hall–Kier alpha value is -2.03. The van der Waals surface area contributed by atoms with E-state index in [2.05, 4.69) is 6.58 Å². The van der Waals surface area contributed by atoms with Crippen LogP contribution in [0.2, 0.25) is 0 Å². The molecule has 0 atom stereocenters. The third-order valence-corrected chi connectivity index (χ3v) is 2.26. The van der Waals surface area contributed by atoms with Gasteiger partial charge >= 0.3 is 0 Å².